The number of amides is 1. The van der Waals surface area contributed by atoms with Crippen LogP contribution in [0.25, 0.3) is 11.4 Å². The number of nitrogens with zero attached hydrogens (tertiary/aromatic N) is 5. The molecule has 0 radical (unpaired) electrons. The maximum Gasteiger partial charge on any atom is 0.257 e. The smallest absolute Gasteiger partial charge is 0.257 e. The molecule has 0 aromatic carbocycles. The normalized spacial score (nSPS) is 11.8. The van der Waals surface area contributed by atoms with Crippen LogP contribution < -0.4 is 0 Å². The van der Waals surface area contributed by atoms with Gasteiger partial charge >= 0.3 is 0 Å². The second-order valence-electron chi connectivity index (χ2n) is 5.41. The number of rotatable bonds is 4. The number of hydrogen-bond acceptors (Lipinski definition) is 5. The molecule has 0 spiro atoms. The van der Waals surface area contributed by atoms with Crippen molar-refractivity contribution in [1.29, 1.82) is 0 Å². The molecular weight excluding hydrogens is 302 g/mol. The molecule has 1 atom stereocenters. The maximum atomic E-state index is 12.6. The first-order valence-electron chi connectivity index (χ1n) is 7.56. The zero-order chi connectivity index (χ0) is 16.9. The fraction of sp³-hybridized carbons (Fsp3) is 0.167. The Bertz CT molecular complexity index is 806. The monoisotopic (exact) mass is 319 g/mol. The van der Waals surface area contributed by atoms with Gasteiger partial charge in [-0.3, -0.25) is 14.8 Å². The minimum Gasteiger partial charge on any atom is -0.335 e. The molecule has 0 bridgehead atoms. The predicted molar refractivity (Wildman–Crippen MR) is 90.0 cm³/mol. The highest BCUT2D eigenvalue weighted by molar-refractivity contribution is 5.93. The second kappa shape index (κ2) is 6.95. The third-order valence-corrected chi connectivity index (χ3v) is 3.91. The average Bonchev–Trinajstić information content (AvgIpc) is 2.68. The van der Waals surface area contributed by atoms with Crippen LogP contribution in [0.2, 0.25) is 0 Å². The van der Waals surface area contributed by atoms with E-state index in [4.69, 9.17) is 0 Å². The van der Waals surface area contributed by atoms with Gasteiger partial charge in [0.2, 0.25) is 0 Å². The molecule has 6 nitrogen and oxygen atoms in total. The van der Waals surface area contributed by atoms with Gasteiger partial charge in [-0.2, -0.15) is 0 Å². The largest absolute Gasteiger partial charge is 0.335 e. The number of hydrogen-bond donors (Lipinski definition) is 0. The van der Waals surface area contributed by atoms with E-state index in [-0.39, 0.29) is 11.9 Å². The Kier molecular flexibility index (Phi) is 4.56. The summed E-state index contributed by atoms with van der Waals surface area (Å²) in [5.41, 5.74) is 2.29. The molecule has 6 heteroatoms. The Hall–Kier alpha value is -3.15. The topological polar surface area (TPSA) is 71.9 Å². The maximum absolute atomic E-state index is 12.6. The molecule has 1 amide bonds. The fourth-order valence-corrected chi connectivity index (χ4v) is 2.31. The molecule has 3 aromatic heterocycles. The summed E-state index contributed by atoms with van der Waals surface area (Å²) in [5.74, 6) is 0.435. The Morgan fingerprint density at radius 2 is 1.71 bits per heavy atom. The van der Waals surface area contributed by atoms with Gasteiger partial charge in [0.25, 0.3) is 5.91 Å². The zero-order valence-corrected chi connectivity index (χ0v) is 13.5. The predicted octanol–water partition coefficient (Wildman–Crippen LogP) is 2.77. The molecule has 0 fully saturated rings. The van der Waals surface area contributed by atoms with Crippen LogP contribution in [0.5, 0.6) is 0 Å². The summed E-state index contributed by atoms with van der Waals surface area (Å²) in [6.45, 7) is 1.96. The van der Waals surface area contributed by atoms with E-state index >= 15 is 0 Å². The van der Waals surface area contributed by atoms with Crippen LogP contribution >= 0.6 is 0 Å². The van der Waals surface area contributed by atoms with Gasteiger partial charge in [0.15, 0.2) is 5.82 Å². The minimum atomic E-state index is -0.132. The van der Waals surface area contributed by atoms with E-state index in [1.807, 2.05) is 31.2 Å². The summed E-state index contributed by atoms with van der Waals surface area (Å²) in [4.78, 5) is 30.9. The molecule has 0 unspecified atom stereocenters. The Labute approximate surface area is 140 Å². The van der Waals surface area contributed by atoms with Crippen molar-refractivity contribution in [2.45, 2.75) is 13.0 Å². The van der Waals surface area contributed by atoms with E-state index in [9.17, 15) is 4.79 Å². The van der Waals surface area contributed by atoms with Crippen molar-refractivity contribution < 1.29 is 4.79 Å². The summed E-state index contributed by atoms with van der Waals surface area (Å²) < 4.78 is 0. The van der Waals surface area contributed by atoms with Crippen LogP contribution in [0.15, 0.2) is 61.4 Å². The third-order valence-electron chi connectivity index (χ3n) is 3.91. The lowest BCUT2D eigenvalue weighted by molar-refractivity contribution is 0.0741. The van der Waals surface area contributed by atoms with Crippen molar-refractivity contribution in [3.63, 3.8) is 0 Å². The van der Waals surface area contributed by atoms with Gasteiger partial charge in [-0.05, 0) is 30.7 Å². The van der Waals surface area contributed by atoms with Crippen LogP contribution in [-0.4, -0.2) is 37.8 Å². The van der Waals surface area contributed by atoms with Gasteiger partial charge < -0.3 is 4.90 Å². The van der Waals surface area contributed by atoms with Crippen molar-refractivity contribution in [3.8, 4) is 11.4 Å². The molecule has 24 heavy (non-hydrogen) atoms. The molecule has 0 saturated carbocycles. The first kappa shape index (κ1) is 15.7. The second-order valence-corrected chi connectivity index (χ2v) is 5.41. The van der Waals surface area contributed by atoms with Crippen molar-refractivity contribution in [1.82, 2.24) is 24.8 Å². The lowest BCUT2D eigenvalue weighted by Gasteiger charge is -2.25. The van der Waals surface area contributed by atoms with Crippen LogP contribution in [0.4, 0.5) is 0 Å². The van der Waals surface area contributed by atoms with Gasteiger partial charge in [0, 0.05) is 49.8 Å². The van der Waals surface area contributed by atoms with Gasteiger partial charge in [-0.25, -0.2) is 9.97 Å². The van der Waals surface area contributed by atoms with E-state index < -0.39 is 0 Å². The molecular formula is C18H17N5O. The number of carbonyl (C=O) groups is 1. The summed E-state index contributed by atoms with van der Waals surface area (Å²) >= 11 is 0. The van der Waals surface area contributed by atoms with Crippen molar-refractivity contribution in [2.24, 2.45) is 0 Å². The Morgan fingerprint density at radius 1 is 1.00 bits per heavy atom. The molecule has 0 aliphatic carbocycles. The lowest BCUT2D eigenvalue weighted by atomic mass is 10.1. The van der Waals surface area contributed by atoms with Gasteiger partial charge in [0.05, 0.1) is 11.6 Å². The Morgan fingerprint density at radius 3 is 2.33 bits per heavy atom. The summed E-state index contributed by atoms with van der Waals surface area (Å²) in [7, 11) is 1.76. The SMILES string of the molecule is C[C@@H](c1cccnc1)N(C)C(=O)c1cnc(-c2ccncc2)nc1. The third kappa shape index (κ3) is 3.27. The van der Waals surface area contributed by atoms with Crippen LogP contribution in [0, 0.1) is 0 Å². The van der Waals surface area contributed by atoms with Crippen LogP contribution in [-0.2, 0) is 0 Å². The van der Waals surface area contributed by atoms with Crippen molar-refractivity contribution in [3.05, 3.63) is 72.6 Å². The standard InChI is InChI=1S/C18H17N5O/c1-13(15-4-3-7-20-10-15)23(2)18(24)16-11-21-17(22-12-16)14-5-8-19-9-6-14/h3-13H,1-2H3/t13-/m0/s1. The van der Waals surface area contributed by atoms with Gasteiger partial charge in [0.1, 0.15) is 0 Å². The molecule has 3 rings (SSSR count). The highest BCUT2D eigenvalue weighted by atomic mass is 16.2. The average molecular weight is 319 g/mol. The number of pyridine rings is 2. The molecule has 0 aliphatic heterocycles. The van der Waals surface area contributed by atoms with E-state index in [1.54, 1.807) is 49.1 Å². The Balaban J connectivity index is 1.77. The molecule has 3 aromatic rings. The van der Waals surface area contributed by atoms with Crippen molar-refractivity contribution >= 4 is 5.91 Å². The van der Waals surface area contributed by atoms with Crippen LogP contribution in [0.3, 0.4) is 0 Å². The van der Waals surface area contributed by atoms with E-state index in [0.29, 0.717) is 11.4 Å². The first-order chi connectivity index (χ1) is 11.7. The highest BCUT2D eigenvalue weighted by Gasteiger charge is 2.19. The first-order valence-corrected chi connectivity index (χ1v) is 7.56. The highest BCUT2D eigenvalue weighted by Crippen LogP contribution is 2.20. The fourth-order valence-electron chi connectivity index (χ4n) is 2.31. The molecule has 3 heterocycles. The number of aromatic nitrogens is 4. The minimum absolute atomic E-state index is 0.0916. The quantitative estimate of drug-likeness (QED) is 0.739. The summed E-state index contributed by atoms with van der Waals surface area (Å²) in [6.07, 6.45) is 9.94. The molecule has 0 aliphatic rings. The lowest BCUT2D eigenvalue weighted by Crippen LogP contribution is -2.30. The molecule has 120 valence electrons. The van der Waals surface area contributed by atoms with Crippen LogP contribution in [0.1, 0.15) is 28.9 Å². The summed E-state index contributed by atoms with van der Waals surface area (Å²) in [5, 5.41) is 0. The van der Waals surface area contributed by atoms with Crippen molar-refractivity contribution in [2.75, 3.05) is 7.05 Å². The molecule has 0 saturated heterocycles. The van der Waals surface area contributed by atoms with Gasteiger partial charge in [-0.15, -0.1) is 0 Å². The van der Waals surface area contributed by atoms with E-state index in [2.05, 4.69) is 19.9 Å². The van der Waals surface area contributed by atoms with Gasteiger partial charge in [-0.1, -0.05) is 6.07 Å². The molecule has 0 N–H and O–H groups in total. The number of carbonyl (C=O) groups excluding carboxylic acids is 1. The van der Waals surface area contributed by atoms with E-state index in [0.717, 1.165) is 11.1 Å². The summed E-state index contributed by atoms with van der Waals surface area (Å²) in [6, 6.07) is 7.37. The van der Waals surface area contributed by atoms with E-state index in [1.165, 1.54) is 0 Å². The zero-order valence-electron chi connectivity index (χ0n) is 13.5.